The molecule has 1 unspecified atom stereocenters. The summed E-state index contributed by atoms with van der Waals surface area (Å²) in [4.78, 5) is 0. The van der Waals surface area contributed by atoms with Gasteiger partial charge in [0, 0.05) is 12.6 Å². The molecule has 1 aliphatic rings. The highest BCUT2D eigenvalue weighted by atomic mass is 79.9. The van der Waals surface area contributed by atoms with Crippen LogP contribution in [-0.2, 0) is 10.0 Å². The van der Waals surface area contributed by atoms with Crippen molar-refractivity contribution < 1.29 is 8.42 Å². The van der Waals surface area contributed by atoms with E-state index >= 15 is 0 Å². The first-order valence-electron chi connectivity index (χ1n) is 3.11. The molecule has 0 aromatic heterocycles. The van der Waals surface area contributed by atoms with Crippen LogP contribution in [0.4, 0.5) is 0 Å². The molecule has 10 heavy (non-hydrogen) atoms. The fourth-order valence-corrected chi connectivity index (χ4v) is 3.38. The topological polar surface area (TPSA) is 37.4 Å². The molecule has 0 saturated carbocycles. The van der Waals surface area contributed by atoms with Crippen molar-refractivity contribution in [2.24, 2.45) is 0 Å². The van der Waals surface area contributed by atoms with Crippen molar-refractivity contribution in [3.63, 3.8) is 0 Å². The van der Waals surface area contributed by atoms with Gasteiger partial charge in [-0.25, -0.2) is 8.42 Å². The minimum Gasteiger partial charge on any atom is -0.211 e. The Balaban J connectivity index is 2.74. The van der Waals surface area contributed by atoms with Gasteiger partial charge in [0.1, 0.15) is 4.16 Å². The SMILES string of the molecule is CC(C)N1CC(Br)S1(=O)=O. The summed E-state index contributed by atoms with van der Waals surface area (Å²) in [7, 11) is -2.95. The quantitative estimate of drug-likeness (QED) is 0.621. The highest BCUT2D eigenvalue weighted by Gasteiger charge is 2.43. The number of halogens is 1. The van der Waals surface area contributed by atoms with E-state index in [2.05, 4.69) is 15.9 Å². The summed E-state index contributed by atoms with van der Waals surface area (Å²) < 4.78 is 23.3. The van der Waals surface area contributed by atoms with E-state index in [1.54, 1.807) is 0 Å². The van der Waals surface area contributed by atoms with Crippen LogP contribution in [-0.4, -0.2) is 29.5 Å². The Bertz CT molecular complexity index is 224. The maximum Gasteiger partial charge on any atom is 0.228 e. The van der Waals surface area contributed by atoms with E-state index in [9.17, 15) is 8.42 Å². The Labute approximate surface area is 69.6 Å². The fraction of sp³-hybridized carbons (Fsp3) is 1.00. The Hall–Kier alpha value is 0.390. The van der Waals surface area contributed by atoms with Crippen molar-refractivity contribution in [1.29, 1.82) is 0 Å². The molecule has 1 heterocycles. The average Bonchev–Trinajstić information content (AvgIpc) is 1.82. The smallest absolute Gasteiger partial charge is 0.211 e. The first-order chi connectivity index (χ1) is 4.46. The van der Waals surface area contributed by atoms with Crippen LogP contribution in [0.25, 0.3) is 0 Å². The molecule has 1 saturated heterocycles. The molecule has 0 N–H and O–H groups in total. The Morgan fingerprint density at radius 3 is 2.20 bits per heavy atom. The lowest BCUT2D eigenvalue weighted by Crippen LogP contribution is -2.55. The number of sulfonamides is 1. The highest BCUT2D eigenvalue weighted by Crippen LogP contribution is 2.28. The van der Waals surface area contributed by atoms with Crippen molar-refractivity contribution >= 4 is 26.0 Å². The van der Waals surface area contributed by atoms with E-state index < -0.39 is 10.0 Å². The molecule has 3 nitrogen and oxygen atoms in total. The van der Waals surface area contributed by atoms with Gasteiger partial charge in [-0.2, -0.15) is 4.31 Å². The Morgan fingerprint density at radius 2 is 2.10 bits per heavy atom. The summed E-state index contributed by atoms with van der Waals surface area (Å²) in [5, 5.41) is 0. The molecule has 0 aromatic carbocycles. The van der Waals surface area contributed by atoms with Crippen molar-refractivity contribution in [3.8, 4) is 0 Å². The van der Waals surface area contributed by atoms with Crippen LogP contribution < -0.4 is 0 Å². The van der Waals surface area contributed by atoms with Crippen LogP contribution in [0, 0.1) is 0 Å². The third-order valence-electron chi connectivity index (χ3n) is 1.55. The van der Waals surface area contributed by atoms with Gasteiger partial charge in [-0.05, 0) is 13.8 Å². The first-order valence-corrected chi connectivity index (χ1v) is 5.53. The Kier molecular flexibility index (Phi) is 2.09. The van der Waals surface area contributed by atoms with E-state index in [1.165, 1.54) is 4.31 Å². The second-order valence-electron chi connectivity index (χ2n) is 2.62. The van der Waals surface area contributed by atoms with Crippen LogP contribution >= 0.6 is 15.9 Å². The van der Waals surface area contributed by atoms with Gasteiger partial charge in [-0.15, -0.1) is 0 Å². The van der Waals surface area contributed by atoms with Crippen LogP contribution in [0.3, 0.4) is 0 Å². The van der Waals surface area contributed by atoms with Gasteiger partial charge in [-0.1, -0.05) is 15.9 Å². The largest absolute Gasteiger partial charge is 0.228 e. The summed E-state index contributed by atoms with van der Waals surface area (Å²) in [6, 6.07) is 0.0961. The minimum absolute atomic E-state index is 0.0961. The zero-order chi connectivity index (χ0) is 7.94. The standard InChI is InChI=1S/C5H10BrNO2S/c1-4(2)7-3-5(6)10(7,8)9/h4-5H,3H2,1-2H3. The number of rotatable bonds is 1. The van der Waals surface area contributed by atoms with Crippen LogP contribution in [0.15, 0.2) is 0 Å². The maximum atomic E-state index is 11.1. The number of hydrogen-bond donors (Lipinski definition) is 0. The van der Waals surface area contributed by atoms with Crippen LogP contribution in [0.2, 0.25) is 0 Å². The summed E-state index contributed by atoms with van der Waals surface area (Å²) >= 11 is 3.06. The van der Waals surface area contributed by atoms with E-state index in [4.69, 9.17) is 0 Å². The summed E-state index contributed by atoms with van der Waals surface area (Å²) in [6.07, 6.45) is 0. The van der Waals surface area contributed by atoms with Gasteiger partial charge in [0.2, 0.25) is 10.0 Å². The van der Waals surface area contributed by atoms with E-state index in [0.29, 0.717) is 6.54 Å². The third kappa shape index (κ3) is 1.10. The maximum absolute atomic E-state index is 11.1. The third-order valence-corrected chi connectivity index (χ3v) is 5.28. The highest BCUT2D eigenvalue weighted by molar-refractivity contribution is 9.11. The molecule has 0 radical (unpaired) electrons. The molecule has 1 aliphatic heterocycles. The molecule has 0 bridgehead atoms. The number of alkyl halides is 1. The molecule has 5 heteroatoms. The van der Waals surface area contributed by atoms with Crippen molar-refractivity contribution in [2.75, 3.05) is 6.54 Å². The zero-order valence-electron chi connectivity index (χ0n) is 5.91. The molecule has 0 amide bonds. The normalized spacial score (nSPS) is 32.2. The summed E-state index contributed by atoms with van der Waals surface area (Å²) in [5.74, 6) is 0. The van der Waals surface area contributed by atoms with Gasteiger partial charge >= 0.3 is 0 Å². The molecular weight excluding hydrogens is 218 g/mol. The van der Waals surface area contributed by atoms with Crippen molar-refractivity contribution in [3.05, 3.63) is 0 Å². The van der Waals surface area contributed by atoms with E-state index in [-0.39, 0.29) is 10.2 Å². The van der Waals surface area contributed by atoms with Gasteiger partial charge in [0.15, 0.2) is 0 Å². The van der Waals surface area contributed by atoms with Crippen LogP contribution in [0.1, 0.15) is 13.8 Å². The molecule has 1 atom stereocenters. The predicted molar refractivity (Wildman–Crippen MR) is 43.5 cm³/mol. The second kappa shape index (κ2) is 2.46. The Morgan fingerprint density at radius 1 is 1.60 bits per heavy atom. The lowest BCUT2D eigenvalue weighted by Gasteiger charge is -2.37. The number of hydrogen-bond acceptors (Lipinski definition) is 2. The van der Waals surface area contributed by atoms with Crippen molar-refractivity contribution in [2.45, 2.75) is 24.0 Å². The molecular formula is C5H10BrNO2S. The lowest BCUT2D eigenvalue weighted by molar-refractivity contribution is 0.324. The fourth-order valence-electron chi connectivity index (χ4n) is 0.906. The number of nitrogens with zero attached hydrogens (tertiary/aromatic N) is 1. The predicted octanol–water partition coefficient (Wildman–Crippen LogP) is 0.761. The van der Waals surface area contributed by atoms with Gasteiger partial charge in [0.25, 0.3) is 0 Å². The molecule has 0 spiro atoms. The minimum atomic E-state index is -2.95. The summed E-state index contributed by atoms with van der Waals surface area (Å²) in [5.41, 5.74) is 0. The lowest BCUT2D eigenvalue weighted by atomic mass is 10.4. The molecule has 0 aromatic rings. The van der Waals surface area contributed by atoms with Gasteiger partial charge in [-0.3, -0.25) is 0 Å². The van der Waals surface area contributed by atoms with E-state index in [1.807, 2.05) is 13.8 Å². The molecule has 1 rings (SSSR count). The van der Waals surface area contributed by atoms with Gasteiger partial charge in [0.05, 0.1) is 0 Å². The summed E-state index contributed by atoms with van der Waals surface area (Å²) in [6.45, 7) is 4.35. The van der Waals surface area contributed by atoms with E-state index in [0.717, 1.165) is 0 Å². The zero-order valence-corrected chi connectivity index (χ0v) is 8.31. The molecule has 1 fully saturated rings. The second-order valence-corrected chi connectivity index (χ2v) is 6.40. The first kappa shape index (κ1) is 8.49. The molecule has 0 aliphatic carbocycles. The monoisotopic (exact) mass is 227 g/mol. The van der Waals surface area contributed by atoms with Crippen molar-refractivity contribution in [1.82, 2.24) is 4.31 Å². The van der Waals surface area contributed by atoms with Crippen LogP contribution in [0.5, 0.6) is 0 Å². The van der Waals surface area contributed by atoms with Gasteiger partial charge < -0.3 is 0 Å². The molecule has 60 valence electrons. The average molecular weight is 228 g/mol.